The summed E-state index contributed by atoms with van der Waals surface area (Å²) in [5.74, 6) is 0.739. The lowest BCUT2D eigenvalue weighted by atomic mass is 10.1. The Morgan fingerprint density at radius 2 is 2.46 bits per heavy atom. The standard InChI is InChI=1S/C10H13N3/c1-7-2-3-8(6-12-7)9-4-5-10(11)13-9/h2-3,5-7,13H,4,11H2,1H3. The highest BCUT2D eigenvalue weighted by Gasteiger charge is 2.10. The Labute approximate surface area is 77.7 Å². The van der Waals surface area contributed by atoms with Crippen LogP contribution in [0.3, 0.4) is 0 Å². The molecule has 0 amide bonds. The molecule has 0 spiro atoms. The van der Waals surface area contributed by atoms with Crippen molar-refractivity contribution >= 4 is 6.21 Å². The highest BCUT2D eigenvalue weighted by molar-refractivity contribution is 5.85. The highest BCUT2D eigenvalue weighted by atomic mass is 15.0. The van der Waals surface area contributed by atoms with Gasteiger partial charge < -0.3 is 11.1 Å². The van der Waals surface area contributed by atoms with Gasteiger partial charge in [0.05, 0.1) is 11.9 Å². The number of hydrogen-bond donors (Lipinski definition) is 2. The maximum Gasteiger partial charge on any atom is 0.0965 e. The Morgan fingerprint density at radius 3 is 3.00 bits per heavy atom. The molecule has 0 fully saturated rings. The van der Waals surface area contributed by atoms with E-state index in [1.807, 2.05) is 12.3 Å². The molecule has 0 aromatic carbocycles. The summed E-state index contributed by atoms with van der Waals surface area (Å²) in [7, 11) is 0. The molecule has 3 N–H and O–H groups in total. The summed E-state index contributed by atoms with van der Waals surface area (Å²) in [4.78, 5) is 4.31. The number of nitrogens with two attached hydrogens (primary N) is 1. The maximum atomic E-state index is 5.61. The van der Waals surface area contributed by atoms with Crippen LogP contribution in [0.1, 0.15) is 13.3 Å². The second-order valence-electron chi connectivity index (χ2n) is 3.30. The van der Waals surface area contributed by atoms with Gasteiger partial charge in [-0.3, -0.25) is 4.99 Å². The summed E-state index contributed by atoms with van der Waals surface area (Å²) in [6, 6.07) is 0.302. The topological polar surface area (TPSA) is 50.4 Å². The quantitative estimate of drug-likeness (QED) is 0.578. The van der Waals surface area contributed by atoms with Crippen molar-refractivity contribution in [1.29, 1.82) is 0 Å². The first-order chi connectivity index (χ1) is 6.25. The van der Waals surface area contributed by atoms with Crippen molar-refractivity contribution in [1.82, 2.24) is 5.32 Å². The predicted molar refractivity (Wildman–Crippen MR) is 54.1 cm³/mol. The lowest BCUT2D eigenvalue weighted by molar-refractivity contribution is 0.915. The summed E-state index contributed by atoms with van der Waals surface area (Å²) in [5, 5.41) is 3.11. The van der Waals surface area contributed by atoms with Gasteiger partial charge in [0.2, 0.25) is 0 Å². The molecule has 0 aromatic rings. The minimum Gasteiger partial charge on any atom is -0.386 e. The van der Waals surface area contributed by atoms with E-state index < -0.39 is 0 Å². The molecule has 2 aliphatic heterocycles. The van der Waals surface area contributed by atoms with Crippen molar-refractivity contribution in [2.45, 2.75) is 19.4 Å². The van der Waals surface area contributed by atoms with E-state index in [-0.39, 0.29) is 0 Å². The number of aliphatic imine (C=N–C) groups is 1. The van der Waals surface area contributed by atoms with Crippen LogP contribution >= 0.6 is 0 Å². The number of rotatable bonds is 0. The predicted octanol–water partition coefficient (Wildman–Crippen LogP) is 1.06. The SMILES string of the molecule is CC1C=CC(=C2CC=C(N)N2)C=N1. The summed E-state index contributed by atoms with van der Waals surface area (Å²) in [5.41, 5.74) is 7.88. The molecule has 2 rings (SSSR count). The fourth-order valence-electron chi connectivity index (χ4n) is 1.39. The molecule has 0 aromatic heterocycles. The third-order valence-corrected chi connectivity index (χ3v) is 2.17. The second kappa shape index (κ2) is 3.09. The van der Waals surface area contributed by atoms with E-state index in [0.717, 1.165) is 23.5 Å². The summed E-state index contributed by atoms with van der Waals surface area (Å²) in [6.45, 7) is 2.06. The van der Waals surface area contributed by atoms with Crippen LogP contribution in [0.2, 0.25) is 0 Å². The largest absolute Gasteiger partial charge is 0.386 e. The van der Waals surface area contributed by atoms with E-state index in [0.29, 0.717) is 6.04 Å². The molecule has 3 nitrogen and oxygen atoms in total. The third-order valence-electron chi connectivity index (χ3n) is 2.17. The number of nitrogens with zero attached hydrogens (tertiary/aromatic N) is 1. The Hall–Kier alpha value is -1.51. The first-order valence-electron chi connectivity index (χ1n) is 4.43. The Morgan fingerprint density at radius 1 is 1.62 bits per heavy atom. The second-order valence-corrected chi connectivity index (χ2v) is 3.30. The zero-order valence-corrected chi connectivity index (χ0v) is 7.62. The lowest BCUT2D eigenvalue weighted by Gasteiger charge is -2.09. The number of hydrogen-bond acceptors (Lipinski definition) is 3. The number of allylic oxidation sites excluding steroid dienone is 3. The fourth-order valence-corrected chi connectivity index (χ4v) is 1.39. The van der Waals surface area contributed by atoms with Crippen molar-refractivity contribution in [2.24, 2.45) is 10.7 Å². The van der Waals surface area contributed by atoms with Gasteiger partial charge in [0.1, 0.15) is 0 Å². The molecular formula is C10H13N3. The minimum atomic E-state index is 0.302. The van der Waals surface area contributed by atoms with Gasteiger partial charge >= 0.3 is 0 Å². The first-order valence-corrected chi connectivity index (χ1v) is 4.43. The van der Waals surface area contributed by atoms with Crippen molar-refractivity contribution in [3.8, 4) is 0 Å². The Bertz CT molecular complexity index is 318. The van der Waals surface area contributed by atoms with Crippen LogP contribution in [-0.4, -0.2) is 12.3 Å². The molecule has 1 atom stereocenters. The molecule has 0 bridgehead atoms. The van der Waals surface area contributed by atoms with Crippen LogP contribution in [0.25, 0.3) is 0 Å². The molecule has 13 heavy (non-hydrogen) atoms. The van der Waals surface area contributed by atoms with Crippen LogP contribution in [0.5, 0.6) is 0 Å². The number of nitrogens with one attached hydrogen (secondary N) is 1. The van der Waals surface area contributed by atoms with Crippen LogP contribution < -0.4 is 11.1 Å². The van der Waals surface area contributed by atoms with Crippen molar-refractivity contribution in [3.63, 3.8) is 0 Å². The smallest absolute Gasteiger partial charge is 0.0965 e. The van der Waals surface area contributed by atoms with Gasteiger partial charge in [0.25, 0.3) is 0 Å². The monoisotopic (exact) mass is 175 g/mol. The van der Waals surface area contributed by atoms with Gasteiger partial charge in [0.15, 0.2) is 0 Å². The summed E-state index contributed by atoms with van der Waals surface area (Å²) in [6.07, 6.45) is 8.93. The molecule has 2 aliphatic rings. The van der Waals surface area contributed by atoms with E-state index in [2.05, 4.69) is 29.4 Å². The van der Waals surface area contributed by atoms with Crippen LogP contribution in [0, 0.1) is 0 Å². The van der Waals surface area contributed by atoms with E-state index in [4.69, 9.17) is 5.73 Å². The minimum absolute atomic E-state index is 0.302. The third kappa shape index (κ3) is 1.64. The highest BCUT2D eigenvalue weighted by Crippen LogP contribution is 2.16. The molecule has 1 unspecified atom stereocenters. The van der Waals surface area contributed by atoms with Gasteiger partial charge in [-0.25, -0.2) is 0 Å². The molecule has 0 aliphatic carbocycles. The first kappa shape index (κ1) is 8.10. The van der Waals surface area contributed by atoms with Crippen LogP contribution in [0.4, 0.5) is 0 Å². The van der Waals surface area contributed by atoms with E-state index in [9.17, 15) is 0 Å². The van der Waals surface area contributed by atoms with Crippen molar-refractivity contribution < 1.29 is 0 Å². The van der Waals surface area contributed by atoms with Gasteiger partial charge in [0, 0.05) is 23.9 Å². The maximum absolute atomic E-state index is 5.61. The molecule has 3 heteroatoms. The van der Waals surface area contributed by atoms with Gasteiger partial charge in [-0.15, -0.1) is 0 Å². The van der Waals surface area contributed by atoms with E-state index in [1.54, 1.807) is 0 Å². The zero-order valence-electron chi connectivity index (χ0n) is 7.62. The molecule has 0 saturated heterocycles. The molecular weight excluding hydrogens is 162 g/mol. The number of dihydropyridines is 1. The van der Waals surface area contributed by atoms with Crippen LogP contribution in [-0.2, 0) is 0 Å². The average Bonchev–Trinajstić information content (AvgIpc) is 2.53. The van der Waals surface area contributed by atoms with Crippen molar-refractivity contribution in [2.75, 3.05) is 0 Å². The summed E-state index contributed by atoms with van der Waals surface area (Å²) >= 11 is 0. The zero-order chi connectivity index (χ0) is 9.26. The molecule has 68 valence electrons. The Kier molecular flexibility index (Phi) is 1.93. The van der Waals surface area contributed by atoms with Crippen LogP contribution in [0.15, 0.2) is 40.3 Å². The molecule has 2 heterocycles. The Balaban J connectivity index is 2.19. The van der Waals surface area contributed by atoms with Gasteiger partial charge in [-0.05, 0) is 13.0 Å². The van der Waals surface area contributed by atoms with E-state index in [1.165, 1.54) is 0 Å². The van der Waals surface area contributed by atoms with Gasteiger partial charge in [-0.1, -0.05) is 12.2 Å². The average molecular weight is 175 g/mol. The molecule has 0 radical (unpaired) electrons. The summed E-state index contributed by atoms with van der Waals surface area (Å²) < 4.78 is 0. The molecule has 0 saturated carbocycles. The fraction of sp³-hybridized carbons (Fsp3) is 0.300. The van der Waals surface area contributed by atoms with E-state index >= 15 is 0 Å². The normalized spacial score (nSPS) is 31.8. The van der Waals surface area contributed by atoms with Gasteiger partial charge in [-0.2, -0.15) is 0 Å². The lowest BCUT2D eigenvalue weighted by Crippen LogP contribution is -2.15. The van der Waals surface area contributed by atoms with Crippen molar-refractivity contribution in [3.05, 3.63) is 35.3 Å².